The fourth-order valence-corrected chi connectivity index (χ4v) is 3.25. The van der Waals surface area contributed by atoms with Crippen LogP contribution in [-0.2, 0) is 13.2 Å². The number of carbonyl (C=O) groups is 1. The standard InChI is InChI=1S/C19H17F3N6O2/c1-10(9-29)24-17(30)11-3-5-14-13(7-11)16-18(27(2)26-25-16)28(14)12-4-6-15(23-8-12)19(20,21)22/h3-8,10,29H,9H2,1-2H3,(H,24,30). The number of aliphatic hydroxyl groups excluding tert-OH is 1. The first-order valence-electron chi connectivity index (χ1n) is 9.00. The minimum absolute atomic E-state index is 0.195. The Kier molecular flexibility index (Phi) is 4.69. The summed E-state index contributed by atoms with van der Waals surface area (Å²) in [6.07, 6.45) is -3.40. The number of hydrogen-bond donors (Lipinski definition) is 2. The fourth-order valence-electron chi connectivity index (χ4n) is 3.25. The Labute approximate surface area is 167 Å². The van der Waals surface area contributed by atoms with Gasteiger partial charge >= 0.3 is 6.18 Å². The summed E-state index contributed by atoms with van der Waals surface area (Å²) in [4.78, 5) is 16.0. The van der Waals surface area contributed by atoms with Crippen LogP contribution in [0.4, 0.5) is 13.2 Å². The Morgan fingerprint density at radius 1 is 1.27 bits per heavy atom. The van der Waals surface area contributed by atoms with Crippen LogP contribution < -0.4 is 5.32 Å². The van der Waals surface area contributed by atoms with Crippen molar-refractivity contribution in [3.05, 3.63) is 47.8 Å². The van der Waals surface area contributed by atoms with Gasteiger partial charge in [0.25, 0.3) is 5.91 Å². The smallest absolute Gasteiger partial charge is 0.394 e. The molecule has 1 amide bonds. The van der Waals surface area contributed by atoms with E-state index in [-0.39, 0.29) is 12.5 Å². The number of rotatable bonds is 4. The summed E-state index contributed by atoms with van der Waals surface area (Å²) in [7, 11) is 1.67. The molecule has 30 heavy (non-hydrogen) atoms. The predicted molar refractivity (Wildman–Crippen MR) is 102 cm³/mol. The number of pyridine rings is 1. The van der Waals surface area contributed by atoms with Crippen LogP contribution in [-0.4, -0.2) is 48.2 Å². The number of hydrogen-bond acceptors (Lipinski definition) is 5. The van der Waals surface area contributed by atoms with Crippen LogP contribution in [0.1, 0.15) is 23.0 Å². The zero-order valence-electron chi connectivity index (χ0n) is 16.0. The normalized spacial score (nSPS) is 13.1. The van der Waals surface area contributed by atoms with E-state index in [1.165, 1.54) is 10.7 Å². The predicted octanol–water partition coefficient (Wildman–Crippen LogP) is 2.44. The second-order valence-electron chi connectivity index (χ2n) is 6.91. The molecule has 8 nitrogen and oxygen atoms in total. The van der Waals surface area contributed by atoms with Crippen molar-refractivity contribution < 1.29 is 23.1 Å². The summed E-state index contributed by atoms with van der Waals surface area (Å²) in [5.41, 5.74) is 1.46. The van der Waals surface area contributed by atoms with E-state index < -0.39 is 17.9 Å². The van der Waals surface area contributed by atoms with E-state index in [0.717, 1.165) is 12.3 Å². The molecule has 0 aliphatic heterocycles. The monoisotopic (exact) mass is 418 g/mol. The first kappa shape index (κ1) is 19.8. The molecule has 0 spiro atoms. The molecular formula is C19H17F3N6O2. The van der Waals surface area contributed by atoms with Crippen LogP contribution in [0.25, 0.3) is 27.8 Å². The molecule has 1 unspecified atom stereocenters. The number of aryl methyl sites for hydroxylation is 1. The molecule has 3 aromatic heterocycles. The average molecular weight is 418 g/mol. The van der Waals surface area contributed by atoms with E-state index in [2.05, 4.69) is 20.6 Å². The Morgan fingerprint density at radius 2 is 2.03 bits per heavy atom. The van der Waals surface area contributed by atoms with E-state index in [0.29, 0.717) is 33.3 Å². The third-order valence-corrected chi connectivity index (χ3v) is 4.71. The molecule has 0 bridgehead atoms. The second kappa shape index (κ2) is 7.10. The second-order valence-corrected chi connectivity index (χ2v) is 6.91. The molecule has 0 saturated carbocycles. The minimum Gasteiger partial charge on any atom is -0.394 e. The summed E-state index contributed by atoms with van der Waals surface area (Å²) >= 11 is 0. The summed E-state index contributed by atoms with van der Waals surface area (Å²) in [5.74, 6) is -0.362. The van der Waals surface area contributed by atoms with Gasteiger partial charge in [0.05, 0.1) is 24.0 Å². The van der Waals surface area contributed by atoms with E-state index in [4.69, 9.17) is 5.11 Å². The maximum Gasteiger partial charge on any atom is 0.433 e. The molecule has 0 aliphatic rings. The highest BCUT2D eigenvalue weighted by atomic mass is 19.4. The van der Waals surface area contributed by atoms with Crippen molar-refractivity contribution in [3.63, 3.8) is 0 Å². The molecule has 4 aromatic rings. The molecule has 11 heteroatoms. The molecule has 3 heterocycles. The SMILES string of the molecule is CC(CO)NC(=O)c1ccc2c(c1)c1nnn(C)c1n2-c1ccc(C(F)(F)F)nc1. The number of amides is 1. The summed E-state index contributed by atoms with van der Waals surface area (Å²) in [6.45, 7) is 1.48. The summed E-state index contributed by atoms with van der Waals surface area (Å²) in [6, 6.07) is 6.75. The number of fused-ring (bicyclic) bond motifs is 3. The number of halogens is 3. The highest BCUT2D eigenvalue weighted by Gasteiger charge is 2.32. The minimum atomic E-state index is -4.53. The number of aliphatic hydroxyl groups is 1. The van der Waals surface area contributed by atoms with Gasteiger partial charge in [0.2, 0.25) is 0 Å². The molecule has 1 atom stereocenters. The molecule has 1 aromatic carbocycles. The van der Waals surface area contributed by atoms with Gasteiger partial charge in [-0.3, -0.25) is 9.36 Å². The third-order valence-electron chi connectivity index (χ3n) is 4.71. The molecule has 0 radical (unpaired) electrons. The van der Waals surface area contributed by atoms with Crippen LogP contribution in [0, 0.1) is 0 Å². The van der Waals surface area contributed by atoms with E-state index in [1.807, 2.05) is 0 Å². The highest BCUT2D eigenvalue weighted by Crippen LogP contribution is 2.32. The van der Waals surface area contributed by atoms with E-state index >= 15 is 0 Å². The molecular weight excluding hydrogens is 401 g/mol. The maximum absolute atomic E-state index is 12.9. The van der Waals surface area contributed by atoms with Crippen molar-refractivity contribution in [2.45, 2.75) is 19.1 Å². The lowest BCUT2D eigenvalue weighted by Gasteiger charge is -2.11. The van der Waals surface area contributed by atoms with Gasteiger partial charge in [0, 0.05) is 24.0 Å². The van der Waals surface area contributed by atoms with Crippen molar-refractivity contribution in [1.29, 1.82) is 0 Å². The highest BCUT2D eigenvalue weighted by molar-refractivity contribution is 6.09. The van der Waals surface area contributed by atoms with Crippen molar-refractivity contribution in [1.82, 2.24) is 29.9 Å². The number of benzene rings is 1. The Morgan fingerprint density at radius 3 is 2.67 bits per heavy atom. The third kappa shape index (κ3) is 3.26. The van der Waals surface area contributed by atoms with Gasteiger partial charge in [-0.1, -0.05) is 5.21 Å². The quantitative estimate of drug-likeness (QED) is 0.531. The van der Waals surface area contributed by atoms with Crippen LogP contribution in [0.5, 0.6) is 0 Å². The lowest BCUT2D eigenvalue weighted by atomic mass is 10.1. The number of nitrogens with zero attached hydrogens (tertiary/aromatic N) is 5. The van der Waals surface area contributed by atoms with Crippen LogP contribution >= 0.6 is 0 Å². The van der Waals surface area contributed by atoms with Crippen LogP contribution in [0.3, 0.4) is 0 Å². The van der Waals surface area contributed by atoms with Gasteiger partial charge in [0.1, 0.15) is 11.2 Å². The van der Waals surface area contributed by atoms with Crippen LogP contribution in [0.2, 0.25) is 0 Å². The van der Waals surface area contributed by atoms with Gasteiger partial charge < -0.3 is 10.4 Å². The lowest BCUT2D eigenvalue weighted by molar-refractivity contribution is -0.141. The Balaban J connectivity index is 1.87. The first-order chi connectivity index (χ1) is 14.2. The van der Waals surface area contributed by atoms with Gasteiger partial charge in [-0.2, -0.15) is 13.2 Å². The fraction of sp³-hybridized carbons (Fsp3) is 0.263. The van der Waals surface area contributed by atoms with E-state index in [9.17, 15) is 18.0 Å². The van der Waals surface area contributed by atoms with Crippen molar-refractivity contribution >= 4 is 28.0 Å². The molecule has 0 fully saturated rings. The van der Waals surface area contributed by atoms with Gasteiger partial charge in [-0.15, -0.1) is 5.10 Å². The topological polar surface area (TPSA) is 97.9 Å². The average Bonchev–Trinajstić information content (AvgIpc) is 3.24. The largest absolute Gasteiger partial charge is 0.433 e. The number of carbonyl (C=O) groups excluding carboxylic acids is 1. The van der Waals surface area contributed by atoms with Gasteiger partial charge in [-0.05, 0) is 37.3 Å². The molecule has 2 N–H and O–H groups in total. The lowest BCUT2D eigenvalue weighted by Crippen LogP contribution is -2.34. The zero-order chi connectivity index (χ0) is 21.6. The van der Waals surface area contributed by atoms with E-state index in [1.54, 1.807) is 36.7 Å². The van der Waals surface area contributed by atoms with Crippen LogP contribution in [0.15, 0.2) is 36.5 Å². The molecule has 0 saturated heterocycles. The first-order valence-corrected chi connectivity index (χ1v) is 9.00. The summed E-state index contributed by atoms with van der Waals surface area (Å²) in [5, 5.41) is 20.6. The number of nitrogens with one attached hydrogen (secondary N) is 1. The van der Waals surface area contributed by atoms with Crippen molar-refractivity contribution in [2.75, 3.05) is 6.61 Å². The van der Waals surface area contributed by atoms with Crippen molar-refractivity contribution in [2.24, 2.45) is 7.05 Å². The summed E-state index contributed by atoms with van der Waals surface area (Å²) < 4.78 is 41.8. The molecule has 4 rings (SSSR count). The van der Waals surface area contributed by atoms with Crippen molar-refractivity contribution in [3.8, 4) is 5.69 Å². The maximum atomic E-state index is 12.9. The molecule has 156 valence electrons. The Bertz CT molecular complexity index is 1240. The number of alkyl halides is 3. The van der Waals surface area contributed by atoms with Gasteiger partial charge in [-0.25, -0.2) is 9.67 Å². The number of aromatic nitrogens is 5. The van der Waals surface area contributed by atoms with Gasteiger partial charge in [0.15, 0.2) is 5.65 Å². The zero-order valence-corrected chi connectivity index (χ0v) is 16.0. The molecule has 0 aliphatic carbocycles. The Hall–Kier alpha value is -3.47.